The summed E-state index contributed by atoms with van der Waals surface area (Å²) in [6.07, 6.45) is 7.22. The normalized spacial score (nSPS) is 29.3. The molecule has 0 aromatic rings. The molecule has 1 N–H and O–H groups in total. The molecule has 0 heterocycles. The molecule has 1 fully saturated rings. The van der Waals surface area contributed by atoms with Crippen LogP contribution in [0.4, 0.5) is 0 Å². The molecular formula is C12H22N2OS. The van der Waals surface area contributed by atoms with E-state index in [9.17, 15) is 4.21 Å². The van der Waals surface area contributed by atoms with Gasteiger partial charge in [-0.25, -0.2) is 0 Å². The number of hydrogen-bond acceptors (Lipinski definition) is 3. The highest BCUT2D eigenvalue weighted by atomic mass is 32.2. The van der Waals surface area contributed by atoms with Crippen molar-refractivity contribution in [1.29, 1.82) is 5.26 Å². The summed E-state index contributed by atoms with van der Waals surface area (Å²) in [7, 11) is -0.708. The lowest BCUT2D eigenvalue weighted by Gasteiger charge is -2.30. The maximum atomic E-state index is 11.0. The first-order valence-corrected chi connectivity index (χ1v) is 7.82. The van der Waals surface area contributed by atoms with Crippen molar-refractivity contribution in [3.63, 3.8) is 0 Å². The first-order valence-electron chi connectivity index (χ1n) is 6.09. The number of rotatable bonds is 5. The maximum Gasteiger partial charge on any atom is 0.0672 e. The van der Waals surface area contributed by atoms with E-state index in [1.54, 1.807) is 6.26 Å². The van der Waals surface area contributed by atoms with E-state index in [2.05, 4.69) is 18.3 Å². The largest absolute Gasteiger partial charge is 0.310 e. The van der Waals surface area contributed by atoms with Crippen molar-refractivity contribution in [1.82, 2.24) is 5.32 Å². The van der Waals surface area contributed by atoms with E-state index in [0.717, 1.165) is 25.0 Å². The molecule has 0 aromatic heterocycles. The zero-order valence-corrected chi connectivity index (χ0v) is 11.1. The Hall–Kier alpha value is -0.400. The molecule has 0 amide bonds. The highest BCUT2D eigenvalue weighted by Gasteiger charge is 2.25. The minimum Gasteiger partial charge on any atom is -0.310 e. The van der Waals surface area contributed by atoms with Gasteiger partial charge in [0, 0.05) is 34.9 Å². The van der Waals surface area contributed by atoms with Gasteiger partial charge in [0.1, 0.15) is 0 Å². The van der Waals surface area contributed by atoms with E-state index in [0.29, 0.717) is 12.1 Å². The molecule has 4 atom stereocenters. The fourth-order valence-electron chi connectivity index (χ4n) is 2.28. The lowest BCUT2D eigenvalue weighted by Crippen LogP contribution is -2.43. The number of nitrogens with one attached hydrogen (secondary N) is 1. The summed E-state index contributed by atoms with van der Waals surface area (Å²) in [5, 5.41) is 12.6. The third-order valence-electron chi connectivity index (χ3n) is 3.27. The van der Waals surface area contributed by atoms with E-state index in [-0.39, 0.29) is 5.92 Å². The lowest BCUT2D eigenvalue weighted by molar-refractivity contribution is 0.289. The second-order valence-electron chi connectivity index (χ2n) is 4.76. The predicted octanol–water partition coefficient (Wildman–Crippen LogP) is 1.82. The summed E-state index contributed by atoms with van der Waals surface area (Å²) >= 11 is 0. The van der Waals surface area contributed by atoms with Gasteiger partial charge in [-0.1, -0.05) is 12.8 Å². The summed E-state index contributed by atoms with van der Waals surface area (Å²) in [6, 6.07) is 3.11. The molecule has 16 heavy (non-hydrogen) atoms. The summed E-state index contributed by atoms with van der Waals surface area (Å²) in [4.78, 5) is 0. The molecule has 0 bridgehead atoms. The molecule has 0 radical (unpaired) electrons. The quantitative estimate of drug-likeness (QED) is 0.800. The van der Waals surface area contributed by atoms with E-state index in [1.807, 2.05) is 0 Å². The van der Waals surface area contributed by atoms with Gasteiger partial charge in [-0.2, -0.15) is 5.26 Å². The monoisotopic (exact) mass is 242 g/mol. The Bertz CT molecular complexity index is 275. The van der Waals surface area contributed by atoms with Crippen molar-refractivity contribution in [3.05, 3.63) is 0 Å². The lowest BCUT2D eigenvalue weighted by atomic mass is 9.85. The van der Waals surface area contributed by atoms with Crippen LogP contribution in [0.5, 0.6) is 0 Å². The first kappa shape index (κ1) is 13.7. The van der Waals surface area contributed by atoms with E-state index < -0.39 is 10.8 Å². The average Bonchev–Trinajstić information content (AvgIpc) is 2.27. The van der Waals surface area contributed by atoms with E-state index in [4.69, 9.17) is 5.26 Å². The van der Waals surface area contributed by atoms with Crippen molar-refractivity contribution in [2.45, 2.75) is 51.1 Å². The maximum absolute atomic E-state index is 11.0. The average molecular weight is 242 g/mol. The molecule has 1 aliphatic carbocycles. The molecule has 4 unspecified atom stereocenters. The summed E-state index contributed by atoms with van der Waals surface area (Å²) in [5.41, 5.74) is 0. The van der Waals surface area contributed by atoms with Crippen molar-refractivity contribution in [3.8, 4) is 6.07 Å². The molecule has 4 heteroatoms. The second kappa shape index (κ2) is 7.03. The van der Waals surface area contributed by atoms with Crippen LogP contribution in [0.2, 0.25) is 0 Å². The Kier molecular flexibility index (Phi) is 6.00. The van der Waals surface area contributed by atoms with E-state index >= 15 is 0 Å². The van der Waals surface area contributed by atoms with Gasteiger partial charge in [0.25, 0.3) is 0 Å². The summed E-state index contributed by atoms with van der Waals surface area (Å²) < 4.78 is 11.0. The van der Waals surface area contributed by atoms with Gasteiger partial charge in [-0.15, -0.1) is 0 Å². The van der Waals surface area contributed by atoms with Gasteiger partial charge < -0.3 is 5.32 Å². The van der Waals surface area contributed by atoms with Crippen LogP contribution >= 0.6 is 0 Å². The van der Waals surface area contributed by atoms with Crippen molar-refractivity contribution in [2.75, 3.05) is 12.0 Å². The molecule has 0 spiro atoms. The number of nitrogens with zero attached hydrogens (tertiary/aromatic N) is 1. The SMILES string of the molecule is CC(CCS(C)=O)NC1CCCCC1C#N. The topological polar surface area (TPSA) is 52.9 Å². The molecule has 1 rings (SSSR count). The Morgan fingerprint density at radius 2 is 2.19 bits per heavy atom. The van der Waals surface area contributed by atoms with Crippen molar-refractivity contribution >= 4 is 10.8 Å². The van der Waals surface area contributed by atoms with Crippen LogP contribution in [0.1, 0.15) is 39.0 Å². The zero-order chi connectivity index (χ0) is 12.0. The number of hydrogen-bond donors (Lipinski definition) is 1. The molecule has 0 saturated heterocycles. The second-order valence-corrected chi connectivity index (χ2v) is 6.31. The highest BCUT2D eigenvalue weighted by Crippen LogP contribution is 2.24. The van der Waals surface area contributed by atoms with Gasteiger partial charge in [0.2, 0.25) is 0 Å². The van der Waals surface area contributed by atoms with Crippen LogP contribution < -0.4 is 5.32 Å². The Morgan fingerprint density at radius 1 is 1.50 bits per heavy atom. The minimum absolute atomic E-state index is 0.170. The molecule has 1 saturated carbocycles. The molecular weight excluding hydrogens is 220 g/mol. The molecule has 3 nitrogen and oxygen atoms in total. The highest BCUT2D eigenvalue weighted by molar-refractivity contribution is 7.84. The van der Waals surface area contributed by atoms with Crippen LogP contribution in [0.3, 0.4) is 0 Å². The Balaban J connectivity index is 2.33. The molecule has 92 valence electrons. The van der Waals surface area contributed by atoms with Gasteiger partial charge in [0.05, 0.1) is 12.0 Å². The standard InChI is InChI=1S/C12H22N2OS/c1-10(7-8-16(2)15)14-12-6-4-3-5-11(12)9-13/h10-12,14H,3-8H2,1-2H3. The number of nitriles is 1. The van der Waals surface area contributed by atoms with Crippen LogP contribution in [0.25, 0.3) is 0 Å². The van der Waals surface area contributed by atoms with Crippen LogP contribution in [-0.2, 0) is 10.8 Å². The Labute approximate surface area is 101 Å². The van der Waals surface area contributed by atoms with Crippen LogP contribution in [0.15, 0.2) is 0 Å². The smallest absolute Gasteiger partial charge is 0.0672 e. The third-order valence-corrected chi connectivity index (χ3v) is 4.08. The Morgan fingerprint density at radius 3 is 2.81 bits per heavy atom. The molecule has 1 aliphatic rings. The zero-order valence-electron chi connectivity index (χ0n) is 10.2. The van der Waals surface area contributed by atoms with Crippen LogP contribution in [-0.4, -0.2) is 28.3 Å². The first-order chi connectivity index (χ1) is 7.63. The molecule has 0 aliphatic heterocycles. The van der Waals surface area contributed by atoms with Gasteiger partial charge in [-0.05, 0) is 26.2 Å². The van der Waals surface area contributed by atoms with E-state index in [1.165, 1.54) is 12.8 Å². The summed E-state index contributed by atoms with van der Waals surface area (Å²) in [5.74, 6) is 0.918. The fraction of sp³-hybridized carbons (Fsp3) is 0.917. The van der Waals surface area contributed by atoms with Crippen molar-refractivity contribution < 1.29 is 4.21 Å². The van der Waals surface area contributed by atoms with Crippen LogP contribution in [0, 0.1) is 17.2 Å². The van der Waals surface area contributed by atoms with Crippen molar-refractivity contribution in [2.24, 2.45) is 5.92 Å². The fourth-order valence-corrected chi connectivity index (χ4v) is 2.96. The summed E-state index contributed by atoms with van der Waals surface area (Å²) in [6.45, 7) is 2.12. The van der Waals surface area contributed by atoms with Gasteiger partial charge in [-0.3, -0.25) is 4.21 Å². The van der Waals surface area contributed by atoms with Gasteiger partial charge in [0.15, 0.2) is 0 Å². The third kappa shape index (κ3) is 4.63. The minimum atomic E-state index is -0.708. The van der Waals surface area contributed by atoms with Gasteiger partial charge >= 0.3 is 0 Å². The predicted molar refractivity (Wildman–Crippen MR) is 67.5 cm³/mol. The molecule has 0 aromatic carbocycles.